The van der Waals surface area contributed by atoms with E-state index in [0.717, 1.165) is 11.1 Å². The summed E-state index contributed by atoms with van der Waals surface area (Å²) in [5.74, 6) is 0.679. The van der Waals surface area contributed by atoms with E-state index in [4.69, 9.17) is 16.0 Å². The highest BCUT2D eigenvalue weighted by molar-refractivity contribution is 7.89. The summed E-state index contributed by atoms with van der Waals surface area (Å²) in [6, 6.07) is 10.2. The monoisotopic (exact) mass is 362 g/mol. The summed E-state index contributed by atoms with van der Waals surface area (Å²) in [4.78, 5) is 4.30. The van der Waals surface area contributed by atoms with Gasteiger partial charge < -0.3 is 4.42 Å². The Kier molecular flexibility index (Phi) is 4.71. The number of pyridine rings is 1. The summed E-state index contributed by atoms with van der Waals surface area (Å²) in [5, 5.41) is 0.416. The fourth-order valence-electron chi connectivity index (χ4n) is 2.30. The molecule has 124 valence electrons. The molecule has 0 aliphatic heterocycles. The van der Waals surface area contributed by atoms with Crippen LogP contribution in [0.3, 0.4) is 0 Å². The Hall–Kier alpha value is -2.15. The molecule has 0 radical (unpaired) electrons. The van der Waals surface area contributed by atoms with Crippen LogP contribution in [0.15, 0.2) is 64.4 Å². The SMILES string of the molecule is Cc1c(Cl)cccc1S(=O)(=O)NCc1cncc(-c2ccco2)c1. The molecule has 3 rings (SSSR count). The van der Waals surface area contributed by atoms with Gasteiger partial charge in [-0.05, 0) is 48.4 Å². The number of halogens is 1. The Morgan fingerprint density at radius 1 is 1.21 bits per heavy atom. The summed E-state index contributed by atoms with van der Waals surface area (Å²) in [6.07, 6.45) is 4.85. The largest absolute Gasteiger partial charge is 0.464 e. The first-order chi connectivity index (χ1) is 11.5. The van der Waals surface area contributed by atoms with E-state index >= 15 is 0 Å². The number of hydrogen-bond donors (Lipinski definition) is 1. The van der Waals surface area contributed by atoms with Crippen LogP contribution >= 0.6 is 11.6 Å². The second kappa shape index (κ2) is 6.76. The van der Waals surface area contributed by atoms with Gasteiger partial charge in [0, 0.05) is 29.5 Å². The molecule has 2 heterocycles. The predicted octanol–water partition coefficient (Wildman–Crippen LogP) is 3.78. The van der Waals surface area contributed by atoms with Crippen LogP contribution < -0.4 is 4.72 Å². The Balaban J connectivity index is 1.80. The molecule has 0 saturated heterocycles. The standard InChI is InChI=1S/C17H15ClN2O3S/c1-12-15(18)4-2-6-17(12)24(21,22)20-10-13-8-14(11-19-9-13)16-5-3-7-23-16/h2-9,11,20H,10H2,1H3. The van der Waals surface area contributed by atoms with Crippen molar-refractivity contribution in [3.8, 4) is 11.3 Å². The third-order valence-corrected chi connectivity index (χ3v) is 5.53. The molecule has 0 aliphatic rings. The molecule has 0 unspecified atom stereocenters. The summed E-state index contributed by atoms with van der Waals surface area (Å²) >= 11 is 6.00. The smallest absolute Gasteiger partial charge is 0.241 e. The zero-order chi connectivity index (χ0) is 17.2. The van der Waals surface area contributed by atoms with Crippen molar-refractivity contribution in [1.29, 1.82) is 0 Å². The summed E-state index contributed by atoms with van der Waals surface area (Å²) in [7, 11) is -3.66. The second-order valence-electron chi connectivity index (χ2n) is 5.25. The molecule has 3 aromatic rings. The molecule has 0 saturated carbocycles. The van der Waals surface area contributed by atoms with Crippen LogP contribution in [0.5, 0.6) is 0 Å². The van der Waals surface area contributed by atoms with Gasteiger partial charge >= 0.3 is 0 Å². The Morgan fingerprint density at radius 2 is 2.04 bits per heavy atom. The van der Waals surface area contributed by atoms with E-state index in [9.17, 15) is 8.42 Å². The van der Waals surface area contributed by atoms with Crippen molar-refractivity contribution >= 4 is 21.6 Å². The van der Waals surface area contributed by atoms with Gasteiger partial charge in [0.25, 0.3) is 0 Å². The Morgan fingerprint density at radius 3 is 2.79 bits per heavy atom. The van der Waals surface area contributed by atoms with Gasteiger partial charge in [-0.15, -0.1) is 0 Å². The van der Waals surface area contributed by atoms with Crippen LogP contribution in [-0.4, -0.2) is 13.4 Å². The van der Waals surface area contributed by atoms with Crippen LogP contribution in [-0.2, 0) is 16.6 Å². The number of nitrogens with one attached hydrogen (secondary N) is 1. The maximum Gasteiger partial charge on any atom is 0.241 e. The van der Waals surface area contributed by atoms with Gasteiger partial charge in [0.05, 0.1) is 11.2 Å². The van der Waals surface area contributed by atoms with Crippen molar-refractivity contribution in [2.75, 3.05) is 0 Å². The fourth-order valence-corrected chi connectivity index (χ4v) is 3.81. The minimum absolute atomic E-state index is 0.121. The van der Waals surface area contributed by atoms with Crippen LogP contribution in [0.1, 0.15) is 11.1 Å². The molecule has 1 N–H and O–H groups in total. The van der Waals surface area contributed by atoms with Gasteiger partial charge in [0.1, 0.15) is 5.76 Å². The molecule has 0 atom stereocenters. The predicted molar refractivity (Wildman–Crippen MR) is 92.2 cm³/mol. The lowest BCUT2D eigenvalue weighted by atomic mass is 10.2. The molecule has 0 amide bonds. The lowest BCUT2D eigenvalue weighted by Crippen LogP contribution is -2.24. The third kappa shape index (κ3) is 3.51. The van der Waals surface area contributed by atoms with E-state index in [0.29, 0.717) is 16.3 Å². The molecule has 7 heteroatoms. The number of sulfonamides is 1. The third-order valence-electron chi connectivity index (χ3n) is 3.57. The van der Waals surface area contributed by atoms with Crippen LogP contribution in [0.25, 0.3) is 11.3 Å². The lowest BCUT2D eigenvalue weighted by molar-refractivity contribution is 0.580. The van der Waals surface area contributed by atoms with E-state index < -0.39 is 10.0 Å². The second-order valence-corrected chi connectivity index (χ2v) is 7.39. The van der Waals surface area contributed by atoms with Crippen molar-refractivity contribution < 1.29 is 12.8 Å². The zero-order valence-electron chi connectivity index (χ0n) is 12.9. The molecular formula is C17H15ClN2O3S. The maximum absolute atomic E-state index is 12.5. The number of nitrogens with zero attached hydrogens (tertiary/aromatic N) is 1. The van der Waals surface area contributed by atoms with Crippen molar-refractivity contribution in [3.05, 3.63) is 71.2 Å². The zero-order valence-corrected chi connectivity index (χ0v) is 14.4. The normalized spacial score (nSPS) is 11.6. The quantitative estimate of drug-likeness (QED) is 0.749. The first kappa shape index (κ1) is 16.7. The van der Waals surface area contributed by atoms with Gasteiger partial charge in [0.15, 0.2) is 0 Å². The summed E-state index contributed by atoms with van der Waals surface area (Å²) in [6.45, 7) is 1.80. The molecule has 0 bridgehead atoms. The summed E-state index contributed by atoms with van der Waals surface area (Å²) in [5.41, 5.74) is 2.04. The molecule has 0 spiro atoms. The van der Waals surface area contributed by atoms with Gasteiger partial charge in [0.2, 0.25) is 10.0 Å². The average Bonchev–Trinajstić information content (AvgIpc) is 3.10. The number of benzene rings is 1. The number of rotatable bonds is 5. The van der Waals surface area contributed by atoms with E-state index in [1.165, 1.54) is 6.07 Å². The van der Waals surface area contributed by atoms with Crippen molar-refractivity contribution in [3.63, 3.8) is 0 Å². The van der Waals surface area contributed by atoms with Crippen molar-refractivity contribution in [2.45, 2.75) is 18.4 Å². The first-order valence-corrected chi connectivity index (χ1v) is 9.06. The van der Waals surface area contributed by atoms with Gasteiger partial charge in [-0.2, -0.15) is 0 Å². The van der Waals surface area contributed by atoms with E-state index in [1.54, 1.807) is 43.8 Å². The van der Waals surface area contributed by atoms with E-state index in [1.807, 2.05) is 12.1 Å². The number of aromatic nitrogens is 1. The van der Waals surface area contributed by atoms with Crippen LogP contribution in [0, 0.1) is 6.92 Å². The molecule has 0 fully saturated rings. The fraction of sp³-hybridized carbons (Fsp3) is 0.118. The molecule has 1 aromatic carbocycles. The minimum atomic E-state index is -3.66. The summed E-state index contributed by atoms with van der Waals surface area (Å²) < 4.78 is 32.9. The maximum atomic E-state index is 12.5. The number of hydrogen-bond acceptors (Lipinski definition) is 4. The van der Waals surface area contributed by atoms with Crippen LogP contribution in [0.4, 0.5) is 0 Å². The van der Waals surface area contributed by atoms with E-state index in [-0.39, 0.29) is 11.4 Å². The molecule has 5 nitrogen and oxygen atoms in total. The number of furan rings is 1. The average molecular weight is 363 g/mol. The van der Waals surface area contributed by atoms with E-state index in [2.05, 4.69) is 9.71 Å². The lowest BCUT2D eigenvalue weighted by Gasteiger charge is -2.10. The molecule has 24 heavy (non-hydrogen) atoms. The van der Waals surface area contributed by atoms with Crippen molar-refractivity contribution in [2.24, 2.45) is 0 Å². The van der Waals surface area contributed by atoms with Gasteiger partial charge in [-0.1, -0.05) is 17.7 Å². The first-order valence-electron chi connectivity index (χ1n) is 7.20. The van der Waals surface area contributed by atoms with Crippen LogP contribution in [0.2, 0.25) is 5.02 Å². The molecule has 2 aromatic heterocycles. The topological polar surface area (TPSA) is 72.2 Å². The molecule has 0 aliphatic carbocycles. The van der Waals surface area contributed by atoms with Gasteiger partial charge in [-0.3, -0.25) is 4.98 Å². The molecular weight excluding hydrogens is 348 g/mol. The highest BCUT2D eigenvalue weighted by Gasteiger charge is 2.18. The Bertz CT molecular complexity index is 954. The minimum Gasteiger partial charge on any atom is -0.464 e. The highest BCUT2D eigenvalue weighted by atomic mass is 35.5. The highest BCUT2D eigenvalue weighted by Crippen LogP contribution is 2.23. The Labute approximate surface area is 145 Å². The van der Waals surface area contributed by atoms with Crippen molar-refractivity contribution in [1.82, 2.24) is 9.71 Å². The van der Waals surface area contributed by atoms with Gasteiger partial charge in [-0.25, -0.2) is 13.1 Å².